The van der Waals surface area contributed by atoms with E-state index < -0.39 is 12.0 Å². The third-order valence-electron chi connectivity index (χ3n) is 4.66. The maximum absolute atomic E-state index is 12.6. The van der Waals surface area contributed by atoms with Gasteiger partial charge in [-0.3, -0.25) is 24.1 Å². The molecule has 0 spiro atoms. The number of anilines is 2. The molecule has 1 unspecified atom stereocenters. The van der Waals surface area contributed by atoms with Crippen LogP contribution < -0.4 is 16.0 Å². The molecule has 1 aromatic carbocycles. The summed E-state index contributed by atoms with van der Waals surface area (Å²) < 4.78 is 5.18. The quantitative estimate of drug-likeness (QED) is 0.511. The molecule has 1 fully saturated rings. The topological polar surface area (TPSA) is 117 Å². The maximum atomic E-state index is 12.6. The van der Waals surface area contributed by atoms with Gasteiger partial charge in [-0.15, -0.1) is 0 Å². The van der Waals surface area contributed by atoms with E-state index in [4.69, 9.17) is 4.74 Å². The van der Waals surface area contributed by atoms with E-state index in [1.54, 1.807) is 43.0 Å². The molecule has 3 amide bonds. The number of benzene rings is 1. The van der Waals surface area contributed by atoms with Crippen LogP contribution in [0.15, 0.2) is 24.3 Å². The SMILES string of the molecule is CC(C)COC(=O)CC1C(=O)NCCN1CC(=O)Nc1cccc(NC(=O)C(C)C)c1. The third-order valence-corrected chi connectivity index (χ3v) is 4.66. The highest BCUT2D eigenvalue weighted by Gasteiger charge is 2.33. The number of nitrogens with one attached hydrogen (secondary N) is 3. The Morgan fingerprint density at radius 1 is 1.16 bits per heavy atom. The molecule has 31 heavy (non-hydrogen) atoms. The molecule has 1 aromatic rings. The predicted octanol–water partition coefficient (Wildman–Crippen LogP) is 1.61. The first kappa shape index (κ1) is 24.3. The van der Waals surface area contributed by atoms with Crippen LogP contribution in [-0.2, 0) is 23.9 Å². The lowest BCUT2D eigenvalue weighted by Gasteiger charge is -2.33. The van der Waals surface area contributed by atoms with Gasteiger partial charge in [-0.2, -0.15) is 0 Å². The second-order valence-corrected chi connectivity index (χ2v) is 8.33. The molecule has 0 bridgehead atoms. The number of hydrogen-bond donors (Lipinski definition) is 3. The molecule has 1 aliphatic heterocycles. The predicted molar refractivity (Wildman–Crippen MR) is 117 cm³/mol. The van der Waals surface area contributed by atoms with Gasteiger partial charge >= 0.3 is 5.97 Å². The van der Waals surface area contributed by atoms with Crippen LogP contribution in [0.3, 0.4) is 0 Å². The Kier molecular flexibility index (Phi) is 8.99. The van der Waals surface area contributed by atoms with E-state index in [0.29, 0.717) is 24.5 Å². The fourth-order valence-electron chi connectivity index (χ4n) is 3.00. The Bertz CT molecular complexity index is 809. The van der Waals surface area contributed by atoms with Gasteiger partial charge in [-0.1, -0.05) is 33.8 Å². The van der Waals surface area contributed by atoms with Crippen molar-refractivity contribution in [2.45, 2.75) is 40.2 Å². The van der Waals surface area contributed by atoms with Gasteiger partial charge in [0.1, 0.15) is 6.04 Å². The molecular weight excluding hydrogens is 400 g/mol. The van der Waals surface area contributed by atoms with Crippen molar-refractivity contribution in [1.29, 1.82) is 0 Å². The Morgan fingerprint density at radius 2 is 1.84 bits per heavy atom. The minimum atomic E-state index is -0.754. The van der Waals surface area contributed by atoms with Crippen LogP contribution in [0.2, 0.25) is 0 Å². The summed E-state index contributed by atoms with van der Waals surface area (Å²) in [4.78, 5) is 50.5. The first-order valence-corrected chi connectivity index (χ1v) is 10.5. The summed E-state index contributed by atoms with van der Waals surface area (Å²) in [5.74, 6) is -1.15. The van der Waals surface area contributed by atoms with Crippen molar-refractivity contribution in [1.82, 2.24) is 10.2 Å². The lowest BCUT2D eigenvalue weighted by atomic mass is 10.1. The number of hydrogen-bond acceptors (Lipinski definition) is 6. The molecule has 2 rings (SSSR count). The third kappa shape index (κ3) is 8.01. The minimum absolute atomic E-state index is 0.0435. The second kappa shape index (κ2) is 11.5. The Hall–Kier alpha value is -2.94. The zero-order chi connectivity index (χ0) is 23.0. The molecule has 1 heterocycles. The summed E-state index contributed by atoms with van der Waals surface area (Å²) in [7, 11) is 0. The highest BCUT2D eigenvalue weighted by Crippen LogP contribution is 2.17. The Morgan fingerprint density at radius 3 is 2.48 bits per heavy atom. The first-order valence-electron chi connectivity index (χ1n) is 10.5. The first-order chi connectivity index (χ1) is 14.7. The van der Waals surface area contributed by atoms with Crippen LogP contribution in [0.1, 0.15) is 34.1 Å². The van der Waals surface area contributed by atoms with Crippen molar-refractivity contribution < 1.29 is 23.9 Å². The van der Waals surface area contributed by atoms with E-state index in [0.717, 1.165) is 0 Å². The monoisotopic (exact) mass is 432 g/mol. The van der Waals surface area contributed by atoms with Gasteiger partial charge in [0, 0.05) is 30.4 Å². The van der Waals surface area contributed by atoms with E-state index in [9.17, 15) is 19.2 Å². The van der Waals surface area contributed by atoms with Gasteiger partial charge in [0.2, 0.25) is 17.7 Å². The molecule has 1 atom stereocenters. The molecule has 0 radical (unpaired) electrons. The van der Waals surface area contributed by atoms with Gasteiger partial charge in [0.05, 0.1) is 19.6 Å². The summed E-state index contributed by atoms with van der Waals surface area (Å²) in [5, 5.41) is 8.30. The molecule has 0 saturated carbocycles. The lowest BCUT2D eigenvalue weighted by molar-refractivity contribution is -0.149. The van der Waals surface area contributed by atoms with Gasteiger partial charge in [0.15, 0.2) is 0 Å². The standard InChI is InChI=1S/C22H32N4O5/c1-14(2)13-31-20(28)11-18-22(30)23-8-9-26(18)12-19(27)24-16-6-5-7-17(10-16)25-21(29)15(3)4/h5-7,10,14-15,18H,8-9,11-13H2,1-4H3,(H,23,30)(H,24,27)(H,25,29). The van der Waals surface area contributed by atoms with Crippen molar-refractivity contribution in [2.24, 2.45) is 11.8 Å². The highest BCUT2D eigenvalue weighted by molar-refractivity contribution is 5.96. The summed E-state index contributed by atoms with van der Waals surface area (Å²) in [6.07, 6.45) is -0.109. The smallest absolute Gasteiger partial charge is 0.307 e. The van der Waals surface area contributed by atoms with Crippen molar-refractivity contribution in [3.8, 4) is 0 Å². The van der Waals surface area contributed by atoms with E-state index in [2.05, 4.69) is 16.0 Å². The van der Waals surface area contributed by atoms with Crippen LogP contribution >= 0.6 is 0 Å². The molecule has 0 aromatic heterocycles. The molecule has 3 N–H and O–H groups in total. The van der Waals surface area contributed by atoms with Crippen molar-refractivity contribution in [2.75, 3.05) is 36.9 Å². The summed E-state index contributed by atoms with van der Waals surface area (Å²) in [5.41, 5.74) is 1.11. The molecule has 0 aliphatic carbocycles. The summed E-state index contributed by atoms with van der Waals surface area (Å²) >= 11 is 0. The molecule has 9 heteroatoms. The van der Waals surface area contributed by atoms with Gasteiger partial charge < -0.3 is 20.7 Å². The highest BCUT2D eigenvalue weighted by atomic mass is 16.5. The van der Waals surface area contributed by atoms with Crippen LogP contribution in [0.5, 0.6) is 0 Å². The molecule has 1 aliphatic rings. The van der Waals surface area contributed by atoms with E-state index in [1.807, 2.05) is 13.8 Å². The zero-order valence-electron chi connectivity index (χ0n) is 18.6. The van der Waals surface area contributed by atoms with Crippen molar-refractivity contribution in [3.05, 3.63) is 24.3 Å². The van der Waals surface area contributed by atoms with Gasteiger partial charge in [0.25, 0.3) is 0 Å². The van der Waals surface area contributed by atoms with Gasteiger partial charge in [-0.25, -0.2) is 0 Å². The zero-order valence-corrected chi connectivity index (χ0v) is 18.6. The normalized spacial score (nSPS) is 16.7. The molecule has 170 valence electrons. The largest absolute Gasteiger partial charge is 0.465 e. The maximum Gasteiger partial charge on any atom is 0.307 e. The van der Waals surface area contributed by atoms with Crippen molar-refractivity contribution in [3.63, 3.8) is 0 Å². The number of ether oxygens (including phenoxy) is 1. The van der Waals surface area contributed by atoms with Crippen LogP contribution in [0, 0.1) is 11.8 Å². The second-order valence-electron chi connectivity index (χ2n) is 8.33. The number of carbonyl (C=O) groups is 4. The lowest BCUT2D eigenvalue weighted by Crippen LogP contribution is -2.57. The average molecular weight is 433 g/mol. The van der Waals surface area contributed by atoms with E-state index in [-0.39, 0.29) is 49.1 Å². The molecule has 9 nitrogen and oxygen atoms in total. The van der Waals surface area contributed by atoms with Crippen LogP contribution in [-0.4, -0.2) is 60.9 Å². The van der Waals surface area contributed by atoms with Gasteiger partial charge in [-0.05, 0) is 24.1 Å². The van der Waals surface area contributed by atoms with E-state index in [1.165, 1.54) is 0 Å². The minimum Gasteiger partial charge on any atom is -0.465 e. The van der Waals surface area contributed by atoms with E-state index >= 15 is 0 Å². The number of piperazine rings is 1. The Balaban J connectivity index is 1.96. The Labute approximate surface area is 182 Å². The molecular formula is C22H32N4O5. The fraction of sp³-hybridized carbons (Fsp3) is 0.545. The van der Waals surface area contributed by atoms with Crippen LogP contribution in [0.25, 0.3) is 0 Å². The number of amides is 3. The number of rotatable bonds is 9. The summed E-state index contributed by atoms with van der Waals surface area (Å²) in [6.45, 7) is 8.55. The van der Waals surface area contributed by atoms with Crippen molar-refractivity contribution >= 4 is 35.1 Å². The van der Waals surface area contributed by atoms with Crippen LogP contribution in [0.4, 0.5) is 11.4 Å². The summed E-state index contributed by atoms with van der Waals surface area (Å²) in [6, 6.07) is 6.10. The fourth-order valence-corrected chi connectivity index (χ4v) is 3.00. The molecule has 1 saturated heterocycles. The number of nitrogens with zero attached hydrogens (tertiary/aromatic N) is 1. The number of carbonyl (C=O) groups excluding carboxylic acids is 4. The average Bonchev–Trinajstić information content (AvgIpc) is 2.69. The number of esters is 1.